The van der Waals surface area contributed by atoms with Gasteiger partial charge in [0, 0.05) is 25.7 Å². The summed E-state index contributed by atoms with van der Waals surface area (Å²) >= 11 is 0. The van der Waals surface area contributed by atoms with E-state index >= 15 is 0 Å². The third-order valence-corrected chi connectivity index (χ3v) is 3.13. The van der Waals surface area contributed by atoms with Gasteiger partial charge in [-0.2, -0.15) is 0 Å². The molecule has 2 unspecified atom stereocenters. The third kappa shape index (κ3) is 3.56. The highest BCUT2D eigenvalue weighted by Gasteiger charge is 2.24. The van der Waals surface area contributed by atoms with E-state index < -0.39 is 0 Å². The van der Waals surface area contributed by atoms with Crippen LogP contribution in [0.1, 0.15) is 26.2 Å². The van der Waals surface area contributed by atoms with Crippen LogP contribution in [0.15, 0.2) is 0 Å². The molecule has 2 N–H and O–H groups in total. The molecule has 0 aromatic heterocycles. The zero-order valence-electron chi connectivity index (χ0n) is 9.50. The molecule has 1 saturated heterocycles. The van der Waals surface area contributed by atoms with Crippen LogP contribution in [-0.2, 0) is 0 Å². The number of hydrogen-bond donors (Lipinski definition) is 2. The van der Waals surface area contributed by atoms with E-state index in [0.29, 0.717) is 6.04 Å². The molecule has 14 heavy (non-hydrogen) atoms. The van der Waals surface area contributed by atoms with Crippen molar-refractivity contribution in [3.8, 4) is 0 Å². The van der Waals surface area contributed by atoms with Crippen molar-refractivity contribution in [1.82, 2.24) is 10.2 Å². The summed E-state index contributed by atoms with van der Waals surface area (Å²) in [6.07, 6.45) is 3.89. The van der Waals surface area contributed by atoms with Crippen LogP contribution in [0, 0.1) is 5.92 Å². The summed E-state index contributed by atoms with van der Waals surface area (Å²) in [4.78, 5) is 2.38. The molecule has 0 aliphatic carbocycles. The normalized spacial score (nSPS) is 29.4. The average Bonchev–Trinajstić information content (AvgIpc) is 2.18. The van der Waals surface area contributed by atoms with Crippen LogP contribution >= 0.6 is 0 Å². The van der Waals surface area contributed by atoms with Gasteiger partial charge in [0.2, 0.25) is 0 Å². The zero-order valence-corrected chi connectivity index (χ0v) is 9.50. The van der Waals surface area contributed by atoms with Crippen molar-refractivity contribution in [2.24, 2.45) is 5.92 Å². The maximum Gasteiger partial charge on any atom is 0.0558 e. The lowest BCUT2D eigenvalue weighted by Gasteiger charge is -2.37. The fourth-order valence-corrected chi connectivity index (χ4v) is 2.45. The molecule has 0 aromatic carbocycles. The van der Waals surface area contributed by atoms with Gasteiger partial charge in [0.15, 0.2) is 0 Å². The Morgan fingerprint density at radius 2 is 2.21 bits per heavy atom. The van der Waals surface area contributed by atoms with Crippen LogP contribution < -0.4 is 5.32 Å². The molecule has 1 rings (SSSR count). The van der Waals surface area contributed by atoms with E-state index in [0.717, 1.165) is 19.0 Å². The molecule has 3 heteroatoms. The van der Waals surface area contributed by atoms with Gasteiger partial charge in [-0.3, -0.25) is 4.90 Å². The van der Waals surface area contributed by atoms with Crippen LogP contribution in [0.2, 0.25) is 0 Å². The number of aliphatic hydroxyl groups excluding tert-OH is 1. The average molecular weight is 200 g/mol. The lowest BCUT2D eigenvalue weighted by Crippen LogP contribution is -2.48. The second-order valence-corrected chi connectivity index (χ2v) is 4.36. The summed E-state index contributed by atoms with van der Waals surface area (Å²) in [7, 11) is 2.04. The smallest absolute Gasteiger partial charge is 0.0558 e. The molecule has 0 bridgehead atoms. The fraction of sp³-hybridized carbons (Fsp3) is 1.00. The molecule has 1 aliphatic rings. The minimum absolute atomic E-state index is 0.287. The summed E-state index contributed by atoms with van der Waals surface area (Å²) in [5.74, 6) is 0.817. The Bertz CT molecular complexity index is 138. The van der Waals surface area contributed by atoms with Crippen molar-refractivity contribution in [2.45, 2.75) is 32.2 Å². The van der Waals surface area contributed by atoms with Gasteiger partial charge in [-0.25, -0.2) is 0 Å². The molecule has 0 saturated carbocycles. The quantitative estimate of drug-likeness (QED) is 0.685. The molecule has 84 valence electrons. The Hall–Kier alpha value is -0.120. The number of likely N-dealkylation sites (tertiary alicyclic amines) is 1. The van der Waals surface area contributed by atoms with Gasteiger partial charge in [0.25, 0.3) is 0 Å². The van der Waals surface area contributed by atoms with E-state index in [1.54, 1.807) is 0 Å². The minimum atomic E-state index is 0.287. The first kappa shape index (κ1) is 12.0. The van der Waals surface area contributed by atoms with Crippen molar-refractivity contribution in [1.29, 1.82) is 0 Å². The molecular formula is C11H24N2O. The first-order valence-electron chi connectivity index (χ1n) is 5.80. The second-order valence-electron chi connectivity index (χ2n) is 4.36. The highest BCUT2D eigenvalue weighted by Crippen LogP contribution is 2.20. The van der Waals surface area contributed by atoms with Crippen molar-refractivity contribution in [2.75, 3.05) is 33.3 Å². The van der Waals surface area contributed by atoms with E-state index in [4.69, 9.17) is 5.11 Å². The second kappa shape index (κ2) is 6.38. The highest BCUT2D eigenvalue weighted by atomic mass is 16.3. The van der Waals surface area contributed by atoms with Gasteiger partial charge in [0.05, 0.1) is 6.61 Å². The van der Waals surface area contributed by atoms with Crippen molar-refractivity contribution in [3.05, 3.63) is 0 Å². The Morgan fingerprint density at radius 1 is 1.43 bits per heavy atom. The minimum Gasteiger partial charge on any atom is -0.395 e. The zero-order chi connectivity index (χ0) is 10.4. The number of aliphatic hydroxyl groups is 1. The molecular weight excluding hydrogens is 176 g/mol. The van der Waals surface area contributed by atoms with Crippen molar-refractivity contribution < 1.29 is 5.11 Å². The number of rotatable bonds is 5. The molecule has 1 aliphatic heterocycles. The van der Waals surface area contributed by atoms with E-state index in [-0.39, 0.29) is 6.61 Å². The Labute approximate surface area is 87.5 Å². The Morgan fingerprint density at radius 3 is 2.79 bits per heavy atom. The van der Waals surface area contributed by atoms with Gasteiger partial charge in [-0.1, -0.05) is 13.3 Å². The van der Waals surface area contributed by atoms with Crippen LogP contribution in [0.4, 0.5) is 0 Å². The molecule has 0 aromatic rings. The molecule has 0 spiro atoms. The maximum absolute atomic E-state index is 8.93. The monoisotopic (exact) mass is 200 g/mol. The third-order valence-electron chi connectivity index (χ3n) is 3.13. The molecule has 3 nitrogen and oxygen atoms in total. The Balaban J connectivity index is 2.39. The predicted molar refractivity (Wildman–Crippen MR) is 59.4 cm³/mol. The standard InChI is InChI=1S/C11H24N2O/c1-3-4-10-7-11(12-2)9-13(8-10)5-6-14/h10-12,14H,3-9H2,1-2H3. The number of nitrogens with zero attached hydrogens (tertiary/aromatic N) is 1. The first-order valence-corrected chi connectivity index (χ1v) is 5.80. The highest BCUT2D eigenvalue weighted by molar-refractivity contribution is 4.82. The number of β-amino-alcohol motifs (C(OH)–C–C–N with tert-alkyl or cyclic N) is 1. The lowest BCUT2D eigenvalue weighted by atomic mass is 9.90. The van der Waals surface area contributed by atoms with Crippen LogP contribution in [-0.4, -0.2) is 49.3 Å². The van der Waals surface area contributed by atoms with Crippen LogP contribution in [0.25, 0.3) is 0 Å². The maximum atomic E-state index is 8.93. The lowest BCUT2D eigenvalue weighted by molar-refractivity contribution is 0.114. The van der Waals surface area contributed by atoms with Crippen LogP contribution in [0.5, 0.6) is 0 Å². The first-order chi connectivity index (χ1) is 6.80. The molecule has 1 heterocycles. The molecule has 0 amide bonds. The van der Waals surface area contributed by atoms with E-state index in [2.05, 4.69) is 17.1 Å². The summed E-state index contributed by atoms with van der Waals surface area (Å²) < 4.78 is 0. The van der Waals surface area contributed by atoms with E-state index in [1.807, 2.05) is 7.05 Å². The summed E-state index contributed by atoms with van der Waals surface area (Å²) in [6, 6.07) is 0.617. The van der Waals surface area contributed by atoms with Gasteiger partial charge in [-0.15, -0.1) is 0 Å². The molecule has 1 fully saturated rings. The SMILES string of the molecule is CCCC1CC(NC)CN(CCO)C1. The van der Waals surface area contributed by atoms with Gasteiger partial charge < -0.3 is 10.4 Å². The fourth-order valence-electron chi connectivity index (χ4n) is 2.45. The molecule has 0 radical (unpaired) electrons. The van der Waals surface area contributed by atoms with Gasteiger partial charge in [-0.05, 0) is 25.8 Å². The number of piperidine rings is 1. The number of hydrogen-bond acceptors (Lipinski definition) is 3. The Kier molecular flexibility index (Phi) is 5.45. The van der Waals surface area contributed by atoms with E-state index in [1.165, 1.54) is 25.8 Å². The largest absolute Gasteiger partial charge is 0.395 e. The number of likely N-dealkylation sites (N-methyl/N-ethyl adjacent to an activating group) is 1. The summed E-state index contributed by atoms with van der Waals surface area (Å²) in [6.45, 7) is 5.64. The van der Waals surface area contributed by atoms with Crippen LogP contribution in [0.3, 0.4) is 0 Å². The van der Waals surface area contributed by atoms with E-state index in [9.17, 15) is 0 Å². The predicted octanol–water partition coefficient (Wildman–Crippen LogP) is 0.689. The molecule has 2 atom stereocenters. The topological polar surface area (TPSA) is 35.5 Å². The summed E-state index contributed by atoms with van der Waals surface area (Å²) in [5, 5.41) is 12.3. The van der Waals surface area contributed by atoms with Crippen molar-refractivity contribution in [3.63, 3.8) is 0 Å². The van der Waals surface area contributed by atoms with Crippen molar-refractivity contribution >= 4 is 0 Å². The van der Waals surface area contributed by atoms with Gasteiger partial charge >= 0.3 is 0 Å². The summed E-state index contributed by atoms with van der Waals surface area (Å²) in [5.41, 5.74) is 0. The van der Waals surface area contributed by atoms with Gasteiger partial charge in [0.1, 0.15) is 0 Å². The number of nitrogens with one attached hydrogen (secondary N) is 1.